The lowest BCUT2D eigenvalue weighted by atomic mass is 10.3. The van der Waals surface area contributed by atoms with Crippen LogP contribution in [0.25, 0.3) is 0 Å². The van der Waals surface area contributed by atoms with Crippen molar-refractivity contribution >= 4 is 23.6 Å². The van der Waals surface area contributed by atoms with Crippen LogP contribution in [0, 0.1) is 0 Å². The zero-order valence-electron chi connectivity index (χ0n) is 12.7. The van der Waals surface area contributed by atoms with Gasteiger partial charge in [-0.2, -0.15) is 0 Å². The highest BCUT2D eigenvalue weighted by Gasteiger charge is 2.15. The van der Waals surface area contributed by atoms with E-state index < -0.39 is 24.1 Å². The van der Waals surface area contributed by atoms with Gasteiger partial charge < -0.3 is 15.2 Å². The molecule has 21 heavy (non-hydrogen) atoms. The normalized spacial score (nSPS) is 10.3. The minimum atomic E-state index is -1.01. The molecular weight excluding hydrogens is 278 g/mol. The van der Waals surface area contributed by atoms with Gasteiger partial charge in [0.25, 0.3) is 0 Å². The number of carbonyl (C=O) groups excluding carboxylic acids is 4. The van der Waals surface area contributed by atoms with E-state index in [1.807, 2.05) is 0 Å². The molecule has 1 amide bonds. The third-order valence-electron chi connectivity index (χ3n) is 1.73. The molecule has 0 bridgehead atoms. The molecule has 0 aliphatic heterocycles. The second kappa shape index (κ2) is 10.4. The SMILES string of the molecule is C=C(C)C(=O)OC(C)OC(=O)CC(C)=O.C=C(C)C(N)=O. The van der Waals surface area contributed by atoms with Crippen LogP contribution < -0.4 is 5.73 Å². The molecule has 0 spiro atoms. The summed E-state index contributed by atoms with van der Waals surface area (Å²) in [5, 5.41) is 0. The van der Waals surface area contributed by atoms with Crippen LogP contribution in [0.4, 0.5) is 0 Å². The lowest BCUT2D eigenvalue weighted by Gasteiger charge is -2.13. The van der Waals surface area contributed by atoms with Gasteiger partial charge in [0.05, 0.1) is 0 Å². The zero-order chi connectivity index (χ0) is 17.2. The molecule has 0 aliphatic carbocycles. The van der Waals surface area contributed by atoms with Gasteiger partial charge in [-0.3, -0.25) is 14.4 Å². The van der Waals surface area contributed by atoms with E-state index in [1.54, 1.807) is 6.92 Å². The van der Waals surface area contributed by atoms with Crippen LogP contribution in [0.2, 0.25) is 0 Å². The molecule has 0 aromatic carbocycles. The third kappa shape index (κ3) is 13.8. The van der Waals surface area contributed by atoms with E-state index in [1.165, 1.54) is 20.8 Å². The molecule has 0 radical (unpaired) electrons. The summed E-state index contributed by atoms with van der Waals surface area (Å²) < 4.78 is 9.31. The van der Waals surface area contributed by atoms with Crippen LogP contribution >= 0.6 is 0 Å². The van der Waals surface area contributed by atoms with E-state index in [9.17, 15) is 19.2 Å². The molecule has 7 heteroatoms. The Labute approximate surface area is 123 Å². The van der Waals surface area contributed by atoms with Crippen LogP contribution in [-0.4, -0.2) is 29.9 Å². The van der Waals surface area contributed by atoms with Crippen molar-refractivity contribution in [1.29, 1.82) is 0 Å². The van der Waals surface area contributed by atoms with Crippen LogP contribution in [0.15, 0.2) is 24.3 Å². The lowest BCUT2D eigenvalue weighted by molar-refractivity contribution is -0.181. The molecule has 7 nitrogen and oxygen atoms in total. The Balaban J connectivity index is 0. The molecule has 0 saturated heterocycles. The summed E-state index contributed by atoms with van der Waals surface area (Å²) in [6.07, 6.45) is -1.34. The Kier molecular flexibility index (Phi) is 10.3. The van der Waals surface area contributed by atoms with Crippen molar-refractivity contribution in [3.05, 3.63) is 24.3 Å². The number of amides is 1. The summed E-state index contributed by atoms with van der Waals surface area (Å²) in [5.74, 6) is -2.10. The lowest BCUT2D eigenvalue weighted by Crippen LogP contribution is -2.22. The van der Waals surface area contributed by atoms with Crippen molar-refractivity contribution < 1.29 is 28.7 Å². The molecule has 2 N–H and O–H groups in total. The number of Topliss-reactive ketones (excluding diaryl/α,β-unsaturated/α-hetero) is 1. The maximum Gasteiger partial charge on any atom is 0.336 e. The van der Waals surface area contributed by atoms with E-state index in [4.69, 9.17) is 5.73 Å². The average molecular weight is 299 g/mol. The molecule has 0 rings (SSSR count). The summed E-state index contributed by atoms with van der Waals surface area (Å²) in [4.78, 5) is 42.3. The minimum Gasteiger partial charge on any atom is -0.425 e. The first kappa shape index (κ1) is 20.9. The van der Waals surface area contributed by atoms with E-state index in [0.717, 1.165) is 0 Å². The number of primary amides is 1. The molecule has 0 heterocycles. The van der Waals surface area contributed by atoms with Crippen molar-refractivity contribution in [2.24, 2.45) is 5.73 Å². The topological polar surface area (TPSA) is 113 Å². The van der Waals surface area contributed by atoms with Gasteiger partial charge in [-0.1, -0.05) is 13.2 Å². The smallest absolute Gasteiger partial charge is 0.336 e. The summed E-state index contributed by atoms with van der Waals surface area (Å²) >= 11 is 0. The number of esters is 2. The molecule has 0 fully saturated rings. The van der Waals surface area contributed by atoms with Gasteiger partial charge in [0.2, 0.25) is 12.2 Å². The Morgan fingerprint density at radius 1 is 1.00 bits per heavy atom. The summed E-state index contributed by atoms with van der Waals surface area (Å²) in [6, 6.07) is 0. The highest BCUT2D eigenvalue weighted by atomic mass is 16.7. The first-order valence-electron chi connectivity index (χ1n) is 5.98. The van der Waals surface area contributed by atoms with E-state index in [0.29, 0.717) is 5.57 Å². The molecule has 1 atom stereocenters. The summed E-state index contributed by atoms with van der Waals surface area (Å²) in [7, 11) is 0. The number of nitrogens with two attached hydrogens (primary N) is 1. The first-order valence-corrected chi connectivity index (χ1v) is 5.98. The monoisotopic (exact) mass is 299 g/mol. The standard InChI is InChI=1S/C10H14O5.C4H7NO/c1-6(2)10(13)15-8(4)14-9(12)5-7(3)11;1-3(2)4(5)6/h8H,1,5H2,2-4H3;1H2,2H3,(H2,5,6). The number of ketones is 1. The average Bonchev–Trinajstić information content (AvgIpc) is 2.27. The van der Waals surface area contributed by atoms with Crippen LogP contribution in [-0.2, 0) is 28.7 Å². The highest BCUT2D eigenvalue weighted by molar-refractivity contribution is 5.94. The van der Waals surface area contributed by atoms with Gasteiger partial charge in [-0.15, -0.1) is 0 Å². The van der Waals surface area contributed by atoms with Crippen LogP contribution in [0.1, 0.15) is 34.1 Å². The van der Waals surface area contributed by atoms with Crippen molar-refractivity contribution in [2.75, 3.05) is 0 Å². The first-order chi connectivity index (χ1) is 9.47. The minimum absolute atomic E-state index is 0.212. The summed E-state index contributed by atoms with van der Waals surface area (Å²) in [5.41, 5.74) is 5.31. The highest BCUT2D eigenvalue weighted by Crippen LogP contribution is 2.01. The Hall–Kier alpha value is -2.44. The fourth-order valence-electron chi connectivity index (χ4n) is 0.705. The predicted molar refractivity (Wildman–Crippen MR) is 75.8 cm³/mol. The van der Waals surface area contributed by atoms with E-state index in [-0.39, 0.29) is 17.8 Å². The molecule has 1 unspecified atom stereocenters. The van der Waals surface area contributed by atoms with Gasteiger partial charge in [0.1, 0.15) is 12.2 Å². The molecule has 0 aliphatic rings. The maximum atomic E-state index is 11.0. The zero-order valence-corrected chi connectivity index (χ0v) is 12.7. The van der Waals surface area contributed by atoms with Crippen molar-refractivity contribution in [1.82, 2.24) is 0 Å². The number of carbonyl (C=O) groups is 4. The fourth-order valence-corrected chi connectivity index (χ4v) is 0.705. The van der Waals surface area contributed by atoms with E-state index >= 15 is 0 Å². The van der Waals surface area contributed by atoms with Gasteiger partial charge in [0.15, 0.2) is 0 Å². The van der Waals surface area contributed by atoms with Gasteiger partial charge in [-0.25, -0.2) is 4.79 Å². The van der Waals surface area contributed by atoms with Gasteiger partial charge >= 0.3 is 11.9 Å². The van der Waals surface area contributed by atoms with Crippen molar-refractivity contribution in [2.45, 2.75) is 40.4 Å². The quantitative estimate of drug-likeness (QED) is 0.339. The number of ether oxygens (including phenoxy) is 2. The second-order valence-electron chi connectivity index (χ2n) is 4.27. The fraction of sp³-hybridized carbons (Fsp3) is 0.429. The maximum absolute atomic E-state index is 11.0. The molecule has 118 valence electrons. The molecular formula is C14H21NO6. The van der Waals surface area contributed by atoms with E-state index in [2.05, 4.69) is 22.6 Å². The van der Waals surface area contributed by atoms with Crippen LogP contribution in [0.5, 0.6) is 0 Å². The molecule has 0 aromatic heterocycles. The third-order valence-corrected chi connectivity index (χ3v) is 1.73. The van der Waals surface area contributed by atoms with Crippen LogP contribution in [0.3, 0.4) is 0 Å². The van der Waals surface area contributed by atoms with Crippen molar-refractivity contribution in [3.63, 3.8) is 0 Å². The Morgan fingerprint density at radius 2 is 1.43 bits per heavy atom. The molecule has 0 saturated carbocycles. The Bertz CT molecular complexity index is 440. The predicted octanol–water partition coefficient (Wildman–Crippen LogP) is 1.02. The number of hydrogen-bond donors (Lipinski definition) is 1. The number of hydrogen-bond acceptors (Lipinski definition) is 6. The van der Waals surface area contributed by atoms with Gasteiger partial charge in [0, 0.05) is 18.1 Å². The molecule has 0 aromatic rings. The largest absolute Gasteiger partial charge is 0.425 e. The number of rotatable bonds is 6. The van der Waals surface area contributed by atoms with Crippen molar-refractivity contribution in [3.8, 4) is 0 Å². The summed E-state index contributed by atoms with van der Waals surface area (Å²) in [6.45, 7) is 12.4. The Morgan fingerprint density at radius 3 is 1.71 bits per heavy atom. The second-order valence-corrected chi connectivity index (χ2v) is 4.27. The van der Waals surface area contributed by atoms with Gasteiger partial charge in [-0.05, 0) is 20.8 Å².